The van der Waals surface area contributed by atoms with Gasteiger partial charge in [0.15, 0.2) is 5.12 Å². The molecule has 0 saturated carbocycles. The highest BCUT2D eigenvalue weighted by Crippen LogP contribution is 2.16. The molecule has 0 bridgehead atoms. The zero-order valence-corrected chi connectivity index (χ0v) is 9.75. The van der Waals surface area contributed by atoms with Crippen LogP contribution in [-0.2, 0) is 4.79 Å². The van der Waals surface area contributed by atoms with E-state index in [0.29, 0.717) is 5.75 Å². The van der Waals surface area contributed by atoms with Gasteiger partial charge in [-0.3, -0.25) is 4.79 Å². The fourth-order valence-electron chi connectivity index (χ4n) is 1.46. The first kappa shape index (κ1) is 11.0. The monoisotopic (exact) mass is 232 g/mol. The van der Waals surface area contributed by atoms with Crippen molar-refractivity contribution in [1.29, 1.82) is 0 Å². The van der Waals surface area contributed by atoms with Gasteiger partial charge in [0, 0.05) is 18.2 Å². The Bertz CT molecular complexity index is 531. The Kier molecular flexibility index (Phi) is 3.41. The molecule has 0 atom stereocenters. The molecule has 0 radical (unpaired) electrons. The number of aromatic nitrogens is 2. The second kappa shape index (κ2) is 4.99. The number of hydrogen-bond acceptors (Lipinski definition) is 3. The summed E-state index contributed by atoms with van der Waals surface area (Å²) >= 11 is 1.30. The van der Waals surface area contributed by atoms with E-state index < -0.39 is 0 Å². The smallest absolute Gasteiger partial charge is 0.186 e. The molecule has 0 amide bonds. The molecule has 16 heavy (non-hydrogen) atoms. The van der Waals surface area contributed by atoms with E-state index in [1.165, 1.54) is 11.8 Å². The van der Waals surface area contributed by atoms with Gasteiger partial charge in [-0.25, -0.2) is 4.98 Å². The summed E-state index contributed by atoms with van der Waals surface area (Å²) in [5.41, 5.74) is 3.07. The number of H-pyrrole nitrogens is 1. The maximum Gasteiger partial charge on any atom is 0.186 e. The van der Waals surface area contributed by atoms with Crippen molar-refractivity contribution in [2.45, 2.75) is 6.92 Å². The molecule has 0 fully saturated rings. The summed E-state index contributed by atoms with van der Waals surface area (Å²) in [5, 5.41) is 0.141. The number of hydrogen-bond donors (Lipinski definition) is 1. The highest BCUT2D eigenvalue weighted by molar-refractivity contribution is 8.13. The number of fused-ring (bicyclic) bond motifs is 1. The predicted octanol–water partition coefficient (Wildman–Crippen LogP) is 2.86. The van der Waals surface area contributed by atoms with E-state index in [4.69, 9.17) is 0 Å². The van der Waals surface area contributed by atoms with Crippen molar-refractivity contribution >= 4 is 34.0 Å². The minimum atomic E-state index is 0.141. The SMILES string of the molecule is CC(=O)SCC=Cc1cccc2[nH]cnc12. The van der Waals surface area contributed by atoms with Crippen LogP contribution in [0.15, 0.2) is 30.6 Å². The van der Waals surface area contributed by atoms with Crippen LogP contribution in [0.1, 0.15) is 12.5 Å². The summed E-state index contributed by atoms with van der Waals surface area (Å²) in [5.74, 6) is 0.705. The lowest BCUT2D eigenvalue weighted by atomic mass is 10.2. The number of rotatable bonds is 3. The second-order valence-corrected chi connectivity index (χ2v) is 4.55. The first-order valence-corrected chi connectivity index (χ1v) is 5.98. The molecule has 2 rings (SSSR count). The van der Waals surface area contributed by atoms with Crippen LogP contribution in [-0.4, -0.2) is 20.8 Å². The van der Waals surface area contributed by atoms with Gasteiger partial charge in [0.25, 0.3) is 0 Å². The molecule has 0 saturated heterocycles. The van der Waals surface area contributed by atoms with Gasteiger partial charge in [-0.05, 0) is 6.07 Å². The molecule has 1 heterocycles. The van der Waals surface area contributed by atoms with Crippen molar-refractivity contribution in [2.75, 3.05) is 5.75 Å². The molecule has 82 valence electrons. The average molecular weight is 232 g/mol. The van der Waals surface area contributed by atoms with E-state index in [2.05, 4.69) is 9.97 Å². The molecule has 1 aromatic heterocycles. The molecule has 0 spiro atoms. The molecule has 2 aromatic rings. The van der Waals surface area contributed by atoms with Crippen molar-refractivity contribution in [2.24, 2.45) is 0 Å². The van der Waals surface area contributed by atoms with Crippen LogP contribution in [0.25, 0.3) is 17.1 Å². The Balaban J connectivity index is 2.14. The summed E-state index contributed by atoms with van der Waals surface area (Å²) < 4.78 is 0. The van der Waals surface area contributed by atoms with E-state index in [1.807, 2.05) is 30.4 Å². The topological polar surface area (TPSA) is 45.8 Å². The Morgan fingerprint density at radius 3 is 3.25 bits per heavy atom. The molecule has 0 aliphatic heterocycles. The van der Waals surface area contributed by atoms with E-state index >= 15 is 0 Å². The molecule has 0 aliphatic rings. The van der Waals surface area contributed by atoms with E-state index in [0.717, 1.165) is 16.6 Å². The molecular formula is C12H12N2OS. The zero-order valence-electron chi connectivity index (χ0n) is 8.93. The maximum absolute atomic E-state index is 10.7. The van der Waals surface area contributed by atoms with Gasteiger partial charge in [-0.1, -0.05) is 36.0 Å². The largest absolute Gasteiger partial charge is 0.345 e. The van der Waals surface area contributed by atoms with Crippen LogP contribution in [0, 0.1) is 0 Å². The summed E-state index contributed by atoms with van der Waals surface area (Å²) in [6.45, 7) is 1.58. The fraction of sp³-hybridized carbons (Fsp3) is 0.167. The Morgan fingerprint density at radius 1 is 1.56 bits per heavy atom. The van der Waals surface area contributed by atoms with Gasteiger partial charge < -0.3 is 4.98 Å². The molecule has 1 aromatic carbocycles. The quantitative estimate of drug-likeness (QED) is 0.885. The standard InChI is InChI=1S/C12H12N2OS/c1-9(15)16-7-3-5-10-4-2-6-11-12(10)14-8-13-11/h2-6,8H,7H2,1H3,(H,13,14). The van der Waals surface area contributed by atoms with Gasteiger partial charge in [0.05, 0.1) is 17.4 Å². The average Bonchev–Trinajstić information content (AvgIpc) is 2.72. The second-order valence-electron chi connectivity index (χ2n) is 3.35. The molecule has 0 aliphatic carbocycles. The Hall–Kier alpha value is -1.55. The molecule has 1 N–H and O–H groups in total. The fourth-order valence-corrected chi connectivity index (χ4v) is 1.89. The van der Waals surface area contributed by atoms with Gasteiger partial charge in [-0.15, -0.1) is 0 Å². The van der Waals surface area contributed by atoms with Crippen LogP contribution in [0.2, 0.25) is 0 Å². The first-order chi connectivity index (χ1) is 7.77. The number of carbonyl (C=O) groups excluding carboxylic acids is 1. The van der Waals surface area contributed by atoms with Gasteiger partial charge in [0.2, 0.25) is 0 Å². The number of benzene rings is 1. The number of carbonyl (C=O) groups is 1. The summed E-state index contributed by atoms with van der Waals surface area (Å²) in [7, 11) is 0. The number of nitrogens with one attached hydrogen (secondary N) is 1. The maximum atomic E-state index is 10.7. The summed E-state index contributed by atoms with van der Waals surface area (Å²) in [6, 6.07) is 5.99. The van der Waals surface area contributed by atoms with Gasteiger partial charge >= 0.3 is 0 Å². The van der Waals surface area contributed by atoms with Crippen molar-refractivity contribution in [3.63, 3.8) is 0 Å². The van der Waals surface area contributed by atoms with Gasteiger partial charge in [0.1, 0.15) is 0 Å². The van der Waals surface area contributed by atoms with E-state index in [9.17, 15) is 4.79 Å². The van der Waals surface area contributed by atoms with Crippen molar-refractivity contribution in [3.05, 3.63) is 36.2 Å². The summed E-state index contributed by atoms with van der Waals surface area (Å²) in [4.78, 5) is 18.1. The van der Waals surface area contributed by atoms with Crippen LogP contribution in [0.4, 0.5) is 0 Å². The van der Waals surface area contributed by atoms with E-state index in [-0.39, 0.29) is 5.12 Å². The van der Waals surface area contributed by atoms with Crippen molar-refractivity contribution in [1.82, 2.24) is 9.97 Å². The number of para-hydroxylation sites is 1. The minimum absolute atomic E-state index is 0.141. The molecular weight excluding hydrogens is 220 g/mol. The third-order valence-electron chi connectivity index (χ3n) is 2.16. The number of aromatic amines is 1. The normalized spacial score (nSPS) is 11.3. The number of thioether (sulfide) groups is 1. The summed E-state index contributed by atoms with van der Waals surface area (Å²) in [6.07, 6.45) is 5.67. The highest BCUT2D eigenvalue weighted by atomic mass is 32.2. The van der Waals surface area contributed by atoms with Crippen LogP contribution >= 0.6 is 11.8 Å². The lowest BCUT2D eigenvalue weighted by Crippen LogP contribution is -1.82. The predicted molar refractivity (Wildman–Crippen MR) is 68.3 cm³/mol. The lowest BCUT2D eigenvalue weighted by molar-refractivity contribution is -0.109. The van der Waals surface area contributed by atoms with Crippen molar-refractivity contribution < 1.29 is 4.79 Å². The Labute approximate surface area is 98.0 Å². The molecule has 3 nitrogen and oxygen atoms in total. The van der Waals surface area contributed by atoms with Crippen molar-refractivity contribution in [3.8, 4) is 0 Å². The van der Waals surface area contributed by atoms with Crippen LogP contribution in [0.5, 0.6) is 0 Å². The van der Waals surface area contributed by atoms with Crippen LogP contribution < -0.4 is 0 Å². The number of imidazole rings is 1. The van der Waals surface area contributed by atoms with Gasteiger partial charge in [-0.2, -0.15) is 0 Å². The minimum Gasteiger partial charge on any atom is -0.345 e. The highest BCUT2D eigenvalue weighted by Gasteiger charge is 1.99. The van der Waals surface area contributed by atoms with E-state index in [1.54, 1.807) is 13.3 Å². The zero-order chi connectivity index (χ0) is 11.4. The molecule has 4 heteroatoms. The third-order valence-corrected chi connectivity index (χ3v) is 2.93. The molecule has 0 unspecified atom stereocenters. The first-order valence-electron chi connectivity index (χ1n) is 4.99. The lowest BCUT2D eigenvalue weighted by Gasteiger charge is -1.95. The number of nitrogens with zero attached hydrogens (tertiary/aromatic N) is 1. The van der Waals surface area contributed by atoms with Crippen LogP contribution in [0.3, 0.4) is 0 Å². The Morgan fingerprint density at radius 2 is 2.44 bits per heavy atom. The third kappa shape index (κ3) is 2.52.